The van der Waals surface area contributed by atoms with Crippen molar-refractivity contribution < 1.29 is 5.21 Å². The van der Waals surface area contributed by atoms with Crippen LogP contribution >= 0.6 is 0 Å². The predicted octanol–water partition coefficient (Wildman–Crippen LogP) is 1.62. The maximum Gasteiger partial charge on any atom is 0.172 e. The molecule has 0 aromatic heterocycles. The summed E-state index contributed by atoms with van der Waals surface area (Å²) in [4.78, 5) is 4.79. The lowest BCUT2D eigenvalue weighted by Gasteiger charge is -2.41. The fourth-order valence-electron chi connectivity index (χ4n) is 2.87. The first-order chi connectivity index (χ1) is 9.56. The number of anilines is 1. The van der Waals surface area contributed by atoms with Crippen LogP contribution in [0, 0.1) is 6.92 Å². The molecule has 5 heteroatoms. The number of hydrogen-bond acceptors (Lipinski definition) is 4. The van der Waals surface area contributed by atoms with E-state index in [0.717, 1.165) is 43.0 Å². The molecule has 0 radical (unpaired) electrons. The number of rotatable bonds is 3. The minimum atomic E-state index is 0.175. The highest BCUT2D eigenvalue weighted by Crippen LogP contribution is 2.24. The summed E-state index contributed by atoms with van der Waals surface area (Å²) in [6, 6.07) is 6.62. The summed E-state index contributed by atoms with van der Waals surface area (Å²) in [6.45, 7) is 10.5. The molecule has 5 nitrogen and oxygen atoms in total. The Kier molecular flexibility index (Phi) is 4.49. The van der Waals surface area contributed by atoms with Crippen LogP contribution in [0.1, 0.15) is 25.0 Å². The van der Waals surface area contributed by atoms with Crippen LogP contribution in [0.25, 0.3) is 0 Å². The molecule has 1 heterocycles. The lowest BCUT2D eigenvalue weighted by atomic mass is 10.1. The Morgan fingerprint density at radius 1 is 1.45 bits per heavy atom. The van der Waals surface area contributed by atoms with Crippen molar-refractivity contribution in [2.75, 3.05) is 31.1 Å². The van der Waals surface area contributed by atoms with E-state index in [1.165, 1.54) is 0 Å². The van der Waals surface area contributed by atoms with Gasteiger partial charge in [-0.2, -0.15) is 0 Å². The number of nitrogens with zero attached hydrogens (tertiary/aromatic N) is 3. The number of hydrogen-bond donors (Lipinski definition) is 2. The van der Waals surface area contributed by atoms with Gasteiger partial charge in [0.25, 0.3) is 0 Å². The minimum Gasteiger partial charge on any atom is -0.409 e. The Morgan fingerprint density at radius 2 is 2.20 bits per heavy atom. The molecular weight excluding hydrogens is 252 g/mol. The number of oxime groups is 1. The lowest BCUT2D eigenvalue weighted by Crippen LogP contribution is -2.52. The molecule has 2 rings (SSSR count). The van der Waals surface area contributed by atoms with Gasteiger partial charge in [0.1, 0.15) is 0 Å². The number of nitrogens with two attached hydrogens (primary N) is 1. The highest BCUT2D eigenvalue weighted by molar-refractivity contribution is 6.02. The fraction of sp³-hybridized carbons (Fsp3) is 0.533. The van der Waals surface area contributed by atoms with E-state index in [4.69, 9.17) is 10.9 Å². The highest BCUT2D eigenvalue weighted by atomic mass is 16.4. The Balaban J connectivity index is 2.29. The van der Waals surface area contributed by atoms with E-state index in [1.807, 2.05) is 13.0 Å². The number of piperazine rings is 1. The Bertz CT molecular complexity index is 501. The summed E-state index contributed by atoms with van der Waals surface area (Å²) in [5, 5.41) is 12.1. The Hall–Kier alpha value is -1.75. The third-order valence-electron chi connectivity index (χ3n) is 4.05. The maximum absolute atomic E-state index is 8.97. The molecule has 1 fully saturated rings. The first-order valence-electron chi connectivity index (χ1n) is 7.14. The van der Waals surface area contributed by atoms with Crippen molar-refractivity contribution in [3.05, 3.63) is 29.3 Å². The summed E-state index contributed by atoms with van der Waals surface area (Å²) < 4.78 is 0. The summed E-state index contributed by atoms with van der Waals surface area (Å²) >= 11 is 0. The zero-order chi connectivity index (χ0) is 14.7. The number of aryl methyl sites for hydroxylation is 1. The summed E-state index contributed by atoms with van der Waals surface area (Å²) in [5.74, 6) is 0.175. The quantitative estimate of drug-likeness (QED) is 0.381. The molecule has 1 aromatic rings. The summed E-state index contributed by atoms with van der Waals surface area (Å²) in [5.41, 5.74) is 8.79. The molecule has 0 bridgehead atoms. The second-order valence-corrected chi connectivity index (χ2v) is 5.43. The third-order valence-corrected chi connectivity index (χ3v) is 4.05. The van der Waals surface area contributed by atoms with Gasteiger partial charge in [-0.3, -0.25) is 4.90 Å². The van der Waals surface area contributed by atoms with E-state index in [2.05, 4.69) is 40.9 Å². The largest absolute Gasteiger partial charge is 0.409 e. The zero-order valence-corrected chi connectivity index (χ0v) is 12.5. The topological polar surface area (TPSA) is 65.1 Å². The van der Waals surface area contributed by atoms with Crippen LogP contribution in [-0.4, -0.2) is 48.2 Å². The molecule has 1 atom stereocenters. The number of benzene rings is 1. The normalized spacial score (nSPS) is 21.2. The van der Waals surface area contributed by atoms with Gasteiger partial charge in [-0.1, -0.05) is 23.7 Å². The van der Waals surface area contributed by atoms with E-state index < -0.39 is 0 Å². The van der Waals surface area contributed by atoms with Gasteiger partial charge in [-0.25, -0.2) is 0 Å². The molecule has 20 heavy (non-hydrogen) atoms. The number of likely N-dealkylation sites (N-methyl/N-ethyl adjacent to an activating group) is 1. The van der Waals surface area contributed by atoms with Crippen LogP contribution in [-0.2, 0) is 0 Å². The molecule has 1 aliphatic rings. The SMILES string of the molecule is CCN1CCN(c2ccc(C)cc2/C(N)=N/O)CC1C. The van der Waals surface area contributed by atoms with Crippen molar-refractivity contribution in [2.24, 2.45) is 10.9 Å². The van der Waals surface area contributed by atoms with Gasteiger partial charge in [0.15, 0.2) is 5.84 Å². The van der Waals surface area contributed by atoms with Crippen LogP contribution in [0.15, 0.2) is 23.4 Å². The molecule has 3 N–H and O–H groups in total. The van der Waals surface area contributed by atoms with Crippen molar-refractivity contribution in [3.63, 3.8) is 0 Å². The van der Waals surface area contributed by atoms with Crippen molar-refractivity contribution in [3.8, 4) is 0 Å². The molecule has 0 amide bonds. The van der Waals surface area contributed by atoms with E-state index >= 15 is 0 Å². The first-order valence-corrected chi connectivity index (χ1v) is 7.14. The van der Waals surface area contributed by atoms with Gasteiger partial charge in [-0.15, -0.1) is 0 Å². The molecule has 1 unspecified atom stereocenters. The average molecular weight is 276 g/mol. The summed E-state index contributed by atoms with van der Waals surface area (Å²) in [6.07, 6.45) is 0. The summed E-state index contributed by atoms with van der Waals surface area (Å²) in [7, 11) is 0. The first kappa shape index (κ1) is 14.7. The van der Waals surface area contributed by atoms with Crippen LogP contribution in [0.5, 0.6) is 0 Å². The molecule has 0 spiro atoms. The van der Waals surface area contributed by atoms with Crippen LogP contribution in [0.4, 0.5) is 5.69 Å². The molecule has 0 aliphatic carbocycles. The second kappa shape index (κ2) is 6.13. The molecule has 0 saturated carbocycles. The smallest absolute Gasteiger partial charge is 0.172 e. The maximum atomic E-state index is 8.97. The van der Waals surface area contributed by atoms with Crippen LogP contribution in [0.3, 0.4) is 0 Å². The van der Waals surface area contributed by atoms with Gasteiger partial charge in [0.2, 0.25) is 0 Å². The minimum absolute atomic E-state index is 0.175. The van der Waals surface area contributed by atoms with Gasteiger partial charge < -0.3 is 15.8 Å². The Morgan fingerprint density at radius 3 is 2.80 bits per heavy atom. The average Bonchev–Trinajstić information content (AvgIpc) is 2.46. The zero-order valence-electron chi connectivity index (χ0n) is 12.5. The molecule has 1 saturated heterocycles. The third kappa shape index (κ3) is 2.88. The van der Waals surface area contributed by atoms with Crippen molar-refractivity contribution in [2.45, 2.75) is 26.8 Å². The molecule has 1 aliphatic heterocycles. The van der Waals surface area contributed by atoms with Crippen LogP contribution in [0.2, 0.25) is 0 Å². The number of amidine groups is 1. The fourth-order valence-corrected chi connectivity index (χ4v) is 2.87. The molecular formula is C15H24N4O. The monoisotopic (exact) mass is 276 g/mol. The van der Waals surface area contributed by atoms with E-state index in [1.54, 1.807) is 0 Å². The van der Waals surface area contributed by atoms with Crippen molar-refractivity contribution in [1.29, 1.82) is 0 Å². The molecule has 1 aromatic carbocycles. The van der Waals surface area contributed by atoms with Crippen molar-refractivity contribution >= 4 is 11.5 Å². The standard InChI is InChI=1S/C15H24N4O/c1-4-18-7-8-19(10-12(18)3)14-6-5-11(2)9-13(14)15(16)17-20/h5-6,9,12,20H,4,7-8,10H2,1-3H3,(H2,16,17). The highest BCUT2D eigenvalue weighted by Gasteiger charge is 2.24. The van der Waals surface area contributed by atoms with E-state index in [0.29, 0.717) is 6.04 Å². The van der Waals surface area contributed by atoms with Crippen molar-refractivity contribution in [1.82, 2.24) is 4.90 Å². The van der Waals surface area contributed by atoms with E-state index in [-0.39, 0.29) is 5.84 Å². The van der Waals surface area contributed by atoms with Gasteiger partial charge in [0.05, 0.1) is 0 Å². The van der Waals surface area contributed by atoms with Crippen LogP contribution < -0.4 is 10.6 Å². The second-order valence-electron chi connectivity index (χ2n) is 5.43. The predicted molar refractivity (Wildman–Crippen MR) is 82.6 cm³/mol. The van der Waals surface area contributed by atoms with E-state index in [9.17, 15) is 0 Å². The van der Waals surface area contributed by atoms with Gasteiger partial charge >= 0.3 is 0 Å². The van der Waals surface area contributed by atoms with Gasteiger partial charge in [-0.05, 0) is 32.5 Å². The lowest BCUT2D eigenvalue weighted by molar-refractivity contribution is 0.199. The Labute approximate surface area is 120 Å². The molecule has 110 valence electrons. The van der Waals surface area contributed by atoms with Gasteiger partial charge in [0, 0.05) is 36.9 Å².